The molecule has 2 rings (SSSR count). The minimum Gasteiger partial charge on any atom is -0.281 e. The quantitative estimate of drug-likeness (QED) is 0.637. The minimum atomic E-state index is -6.11. The van der Waals surface area contributed by atoms with E-state index in [1.165, 1.54) is 0 Å². The summed E-state index contributed by atoms with van der Waals surface area (Å²) in [6.45, 7) is 0. The molecule has 0 amide bonds. The number of halogens is 4. The molecule has 3 nitrogen and oxygen atoms in total. The van der Waals surface area contributed by atoms with E-state index in [0.717, 1.165) is 0 Å². The van der Waals surface area contributed by atoms with Crippen molar-refractivity contribution < 1.29 is 30.5 Å². The molecule has 0 spiro atoms. The summed E-state index contributed by atoms with van der Waals surface area (Å²) in [5, 5.41) is -5.42. The summed E-state index contributed by atoms with van der Waals surface area (Å²) in [7, 11) is -6.11. The maximum absolute atomic E-state index is 13.8. The largest absolute Gasteiger partial charge is 0.432 e. The Kier molecular flexibility index (Phi) is 2.57. The standard InChI is InChI=1S/C9H12F4O3S/c10-8(11,9(12,13)17(14,15)16)7-3-1-6(5-7)2-4-7/h6H,1-5H2,(H,14,15,16). The van der Waals surface area contributed by atoms with Gasteiger partial charge in [-0.15, -0.1) is 0 Å². The summed E-state index contributed by atoms with van der Waals surface area (Å²) in [5.41, 5.74) is -1.98. The van der Waals surface area contributed by atoms with Gasteiger partial charge in [-0.05, 0) is 38.0 Å². The van der Waals surface area contributed by atoms with Gasteiger partial charge in [0.15, 0.2) is 0 Å². The lowest BCUT2D eigenvalue weighted by molar-refractivity contribution is -0.229. The number of rotatable bonds is 3. The van der Waals surface area contributed by atoms with E-state index in [1.807, 2.05) is 0 Å². The first-order chi connectivity index (χ1) is 7.54. The molecule has 2 bridgehead atoms. The van der Waals surface area contributed by atoms with Gasteiger partial charge in [-0.25, -0.2) is 0 Å². The minimum absolute atomic E-state index is 0.0296. The Morgan fingerprint density at radius 3 is 1.88 bits per heavy atom. The van der Waals surface area contributed by atoms with Gasteiger partial charge in [0, 0.05) is 5.41 Å². The van der Waals surface area contributed by atoms with Gasteiger partial charge in [0.05, 0.1) is 0 Å². The zero-order chi connectivity index (χ0) is 13.1. The van der Waals surface area contributed by atoms with E-state index in [-0.39, 0.29) is 25.2 Å². The molecule has 2 saturated carbocycles. The molecule has 100 valence electrons. The lowest BCUT2D eigenvalue weighted by Gasteiger charge is -2.38. The molecule has 2 aliphatic rings. The number of hydrogen-bond acceptors (Lipinski definition) is 2. The van der Waals surface area contributed by atoms with Gasteiger partial charge in [-0.1, -0.05) is 0 Å². The highest BCUT2D eigenvalue weighted by Crippen LogP contribution is 2.65. The summed E-state index contributed by atoms with van der Waals surface area (Å²) in [5.74, 6) is -4.75. The lowest BCUT2D eigenvalue weighted by Crippen LogP contribution is -2.56. The van der Waals surface area contributed by atoms with Crippen molar-refractivity contribution in [1.29, 1.82) is 0 Å². The van der Waals surface area contributed by atoms with E-state index in [0.29, 0.717) is 12.8 Å². The fourth-order valence-corrected chi connectivity index (χ4v) is 3.64. The van der Waals surface area contributed by atoms with E-state index in [4.69, 9.17) is 4.55 Å². The first kappa shape index (κ1) is 13.1. The Balaban J connectivity index is 2.43. The van der Waals surface area contributed by atoms with Crippen molar-refractivity contribution in [1.82, 2.24) is 0 Å². The van der Waals surface area contributed by atoms with Crippen LogP contribution in [0.15, 0.2) is 0 Å². The van der Waals surface area contributed by atoms with Crippen LogP contribution in [0.4, 0.5) is 17.6 Å². The fraction of sp³-hybridized carbons (Fsp3) is 1.00. The van der Waals surface area contributed by atoms with E-state index in [2.05, 4.69) is 0 Å². The van der Waals surface area contributed by atoms with Gasteiger partial charge in [0.2, 0.25) is 0 Å². The Hall–Kier alpha value is -0.370. The predicted octanol–water partition coefficient (Wildman–Crippen LogP) is 2.68. The molecule has 0 radical (unpaired) electrons. The molecule has 0 aromatic heterocycles. The second-order valence-electron chi connectivity index (χ2n) is 4.99. The molecule has 0 atom stereocenters. The lowest BCUT2D eigenvalue weighted by atomic mass is 9.78. The van der Waals surface area contributed by atoms with Crippen LogP contribution in [0.25, 0.3) is 0 Å². The van der Waals surface area contributed by atoms with Crippen molar-refractivity contribution in [3.63, 3.8) is 0 Å². The van der Waals surface area contributed by atoms with Gasteiger partial charge in [0.1, 0.15) is 0 Å². The van der Waals surface area contributed by atoms with Gasteiger partial charge in [-0.3, -0.25) is 4.55 Å². The fourth-order valence-electron chi connectivity index (χ4n) is 3.10. The Bertz CT molecular complexity index is 424. The van der Waals surface area contributed by atoms with Gasteiger partial charge < -0.3 is 0 Å². The van der Waals surface area contributed by atoms with Crippen LogP contribution < -0.4 is 0 Å². The van der Waals surface area contributed by atoms with Crippen LogP contribution in [-0.2, 0) is 10.1 Å². The third kappa shape index (κ3) is 1.53. The number of alkyl halides is 4. The van der Waals surface area contributed by atoms with E-state index in [9.17, 15) is 26.0 Å². The number of fused-ring (bicyclic) bond motifs is 2. The summed E-state index contributed by atoms with van der Waals surface area (Å²) in [6, 6.07) is 0. The summed E-state index contributed by atoms with van der Waals surface area (Å²) in [6.07, 6.45) is 0.505. The molecule has 1 N–H and O–H groups in total. The highest BCUT2D eigenvalue weighted by molar-refractivity contribution is 7.87. The molecule has 0 heterocycles. The van der Waals surface area contributed by atoms with Gasteiger partial charge in [0.25, 0.3) is 0 Å². The van der Waals surface area contributed by atoms with Crippen molar-refractivity contribution in [3.8, 4) is 0 Å². The smallest absolute Gasteiger partial charge is 0.281 e. The average molecular weight is 276 g/mol. The van der Waals surface area contributed by atoms with Crippen LogP contribution in [-0.4, -0.2) is 24.1 Å². The molecular weight excluding hydrogens is 264 g/mol. The Labute approximate surface area is 95.9 Å². The SMILES string of the molecule is O=S(=O)(O)C(F)(F)C(F)(F)C12CCC(CC1)C2. The third-order valence-electron chi connectivity index (χ3n) is 4.10. The maximum atomic E-state index is 13.8. The van der Waals surface area contributed by atoms with Gasteiger partial charge in [-0.2, -0.15) is 26.0 Å². The van der Waals surface area contributed by atoms with Crippen LogP contribution in [0, 0.1) is 11.3 Å². The molecule has 0 unspecified atom stereocenters. The van der Waals surface area contributed by atoms with Crippen LogP contribution in [0.1, 0.15) is 32.1 Å². The van der Waals surface area contributed by atoms with E-state index >= 15 is 0 Å². The second-order valence-corrected chi connectivity index (χ2v) is 6.46. The van der Waals surface area contributed by atoms with E-state index < -0.39 is 26.7 Å². The molecule has 0 saturated heterocycles. The van der Waals surface area contributed by atoms with Gasteiger partial charge >= 0.3 is 21.3 Å². The molecule has 0 aromatic carbocycles. The molecule has 2 aliphatic carbocycles. The van der Waals surface area contributed by atoms with Crippen molar-refractivity contribution >= 4 is 10.1 Å². The topological polar surface area (TPSA) is 54.4 Å². The third-order valence-corrected chi connectivity index (χ3v) is 5.00. The predicted molar refractivity (Wildman–Crippen MR) is 50.5 cm³/mol. The molecule has 0 aromatic rings. The van der Waals surface area contributed by atoms with Crippen LogP contribution in [0.2, 0.25) is 0 Å². The molecular formula is C9H12F4O3S. The normalized spacial score (nSPS) is 34.3. The van der Waals surface area contributed by atoms with Crippen molar-refractivity contribution in [2.24, 2.45) is 11.3 Å². The van der Waals surface area contributed by atoms with Crippen molar-refractivity contribution in [2.75, 3.05) is 0 Å². The Morgan fingerprint density at radius 1 is 1.12 bits per heavy atom. The molecule has 17 heavy (non-hydrogen) atoms. The molecule has 2 fully saturated rings. The van der Waals surface area contributed by atoms with E-state index in [1.54, 1.807) is 0 Å². The summed E-state index contributed by atoms with van der Waals surface area (Å²) >= 11 is 0. The highest BCUT2D eigenvalue weighted by atomic mass is 32.2. The zero-order valence-corrected chi connectivity index (χ0v) is 9.61. The van der Waals surface area contributed by atoms with Crippen LogP contribution in [0.3, 0.4) is 0 Å². The summed E-state index contributed by atoms with van der Waals surface area (Å²) in [4.78, 5) is 0. The first-order valence-corrected chi connectivity index (χ1v) is 6.70. The van der Waals surface area contributed by atoms with Crippen LogP contribution in [0.5, 0.6) is 0 Å². The van der Waals surface area contributed by atoms with Crippen molar-refractivity contribution in [3.05, 3.63) is 0 Å². The Morgan fingerprint density at radius 2 is 1.59 bits per heavy atom. The van der Waals surface area contributed by atoms with Crippen molar-refractivity contribution in [2.45, 2.75) is 43.3 Å². The highest BCUT2D eigenvalue weighted by Gasteiger charge is 2.76. The summed E-state index contributed by atoms with van der Waals surface area (Å²) < 4.78 is 83.3. The average Bonchev–Trinajstić information content (AvgIpc) is 2.76. The maximum Gasteiger partial charge on any atom is 0.432 e. The number of hydrogen-bond donors (Lipinski definition) is 1. The second kappa shape index (κ2) is 3.34. The first-order valence-electron chi connectivity index (χ1n) is 5.26. The monoisotopic (exact) mass is 276 g/mol. The van der Waals surface area contributed by atoms with Crippen LogP contribution >= 0.6 is 0 Å². The molecule has 8 heteroatoms. The molecule has 0 aliphatic heterocycles. The zero-order valence-electron chi connectivity index (χ0n) is 8.80.